The lowest BCUT2D eigenvalue weighted by Gasteiger charge is -2.21. The van der Waals surface area contributed by atoms with Gasteiger partial charge in [0, 0.05) is 13.1 Å². The number of nitrogens with zero attached hydrogens (tertiary/aromatic N) is 1. The van der Waals surface area contributed by atoms with E-state index in [1.807, 2.05) is 13.8 Å². The van der Waals surface area contributed by atoms with Gasteiger partial charge < -0.3 is 9.47 Å². The second-order valence-corrected chi connectivity index (χ2v) is 5.73. The summed E-state index contributed by atoms with van der Waals surface area (Å²) >= 11 is 12.0. The summed E-state index contributed by atoms with van der Waals surface area (Å²) in [6, 6.07) is 1.23. The molecule has 0 heterocycles. The van der Waals surface area contributed by atoms with Crippen LogP contribution in [0.4, 0.5) is 8.78 Å². The summed E-state index contributed by atoms with van der Waals surface area (Å²) in [5, 5.41) is 0.551. The Bertz CT molecular complexity index is 570. The van der Waals surface area contributed by atoms with E-state index in [0.717, 1.165) is 5.06 Å². The Morgan fingerprint density at radius 2 is 1.96 bits per heavy atom. The third-order valence-electron chi connectivity index (χ3n) is 2.69. The highest BCUT2D eigenvalue weighted by Gasteiger charge is 2.28. The number of benzene rings is 1. The normalized spacial score (nSPS) is 11.0. The number of rotatable bonds is 7. The van der Waals surface area contributed by atoms with Crippen LogP contribution in [0.1, 0.15) is 24.2 Å². The van der Waals surface area contributed by atoms with Crippen LogP contribution in [0.15, 0.2) is 6.07 Å². The van der Waals surface area contributed by atoms with Crippen LogP contribution in [0.3, 0.4) is 0 Å². The average molecular weight is 372 g/mol. The van der Waals surface area contributed by atoms with Crippen molar-refractivity contribution >= 4 is 29.1 Å². The minimum Gasteiger partial charge on any atom is -0.489 e. The van der Waals surface area contributed by atoms with Gasteiger partial charge in [-0.3, -0.25) is 9.63 Å². The standard InChI is InChI=1S/C14H17Cl2F2NO4/c1-7(2)6-22-9-5-8(15)11(16)10(12(9)23-14(17)18)13(20)19(3)21-4/h5,7,14H,6H2,1-4H3. The first kappa shape index (κ1) is 19.7. The van der Waals surface area contributed by atoms with E-state index in [1.165, 1.54) is 20.2 Å². The maximum atomic E-state index is 12.7. The van der Waals surface area contributed by atoms with Crippen molar-refractivity contribution in [2.75, 3.05) is 20.8 Å². The Hall–Kier alpha value is -1.31. The van der Waals surface area contributed by atoms with Crippen LogP contribution in [0.2, 0.25) is 10.0 Å². The molecular formula is C14H17Cl2F2NO4. The third kappa shape index (κ3) is 5.09. The molecule has 1 amide bonds. The maximum absolute atomic E-state index is 12.7. The Labute approximate surface area is 143 Å². The number of carbonyl (C=O) groups is 1. The van der Waals surface area contributed by atoms with Crippen LogP contribution in [-0.2, 0) is 4.84 Å². The fourth-order valence-corrected chi connectivity index (χ4v) is 2.00. The van der Waals surface area contributed by atoms with Crippen molar-refractivity contribution in [2.45, 2.75) is 20.5 Å². The number of hydrogen-bond acceptors (Lipinski definition) is 4. The van der Waals surface area contributed by atoms with Gasteiger partial charge >= 0.3 is 6.61 Å². The first-order chi connectivity index (χ1) is 10.7. The smallest absolute Gasteiger partial charge is 0.387 e. The van der Waals surface area contributed by atoms with Gasteiger partial charge in [0.1, 0.15) is 5.56 Å². The lowest BCUT2D eigenvalue weighted by atomic mass is 10.1. The Morgan fingerprint density at radius 1 is 1.35 bits per heavy atom. The van der Waals surface area contributed by atoms with Gasteiger partial charge in [-0.25, -0.2) is 5.06 Å². The predicted octanol–water partition coefficient (Wildman–Crippen LogP) is 4.26. The van der Waals surface area contributed by atoms with E-state index in [4.69, 9.17) is 32.8 Å². The first-order valence-electron chi connectivity index (χ1n) is 6.60. The topological polar surface area (TPSA) is 48.0 Å². The van der Waals surface area contributed by atoms with Gasteiger partial charge in [-0.2, -0.15) is 8.78 Å². The van der Waals surface area contributed by atoms with Gasteiger partial charge in [-0.1, -0.05) is 37.0 Å². The van der Waals surface area contributed by atoms with E-state index in [-0.39, 0.29) is 33.9 Å². The lowest BCUT2D eigenvalue weighted by molar-refractivity contribution is -0.0773. The van der Waals surface area contributed by atoms with Gasteiger partial charge in [-0.15, -0.1) is 0 Å². The third-order valence-corrected chi connectivity index (χ3v) is 3.48. The molecule has 0 atom stereocenters. The predicted molar refractivity (Wildman–Crippen MR) is 82.5 cm³/mol. The van der Waals surface area contributed by atoms with E-state index < -0.39 is 18.3 Å². The molecule has 130 valence electrons. The molecule has 0 aliphatic carbocycles. The first-order valence-corrected chi connectivity index (χ1v) is 7.36. The van der Waals surface area contributed by atoms with E-state index in [9.17, 15) is 13.6 Å². The molecule has 9 heteroatoms. The largest absolute Gasteiger partial charge is 0.489 e. The number of hydroxylamine groups is 2. The Kier molecular flexibility index (Phi) is 7.31. The van der Waals surface area contributed by atoms with Crippen molar-refractivity contribution in [3.05, 3.63) is 21.7 Å². The molecule has 0 saturated heterocycles. The molecule has 0 fully saturated rings. The molecule has 0 unspecified atom stereocenters. The molecule has 0 saturated carbocycles. The van der Waals surface area contributed by atoms with E-state index in [0.29, 0.717) is 0 Å². The van der Waals surface area contributed by atoms with Crippen LogP contribution in [0, 0.1) is 5.92 Å². The average Bonchev–Trinajstić information content (AvgIpc) is 2.47. The number of amides is 1. The van der Waals surface area contributed by atoms with Crippen molar-refractivity contribution in [1.29, 1.82) is 0 Å². The molecule has 0 spiro atoms. The Balaban J connectivity index is 3.46. The summed E-state index contributed by atoms with van der Waals surface area (Å²) < 4.78 is 35.4. The van der Waals surface area contributed by atoms with Crippen molar-refractivity contribution in [2.24, 2.45) is 5.92 Å². The van der Waals surface area contributed by atoms with Crippen molar-refractivity contribution in [3.8, 4) is 11.5 Å². The summed E-state index contributed by atoms with van der Waals surface area (Å²) in [6.07, 6.45) is 0. The van der Waals surface area contributed by atoms with Crippen molar-refractivity contribution < 1.29 is 27.9 Å². The highest BCUT2D eigenvalue weighted by Crippen LogP contribution is 2.42. The highest BCUT2D eigenvalue weighted by atomic mass is 35.5. The molecule has 0 N–H and O–H groups in total. The highest BCUT2D eigenvalue weighted by molar-refractivity contribution is 6.44. The van der Waals surface area contributed by atoms with Crippen LogP contribution < -0.4 is 9.47 Å². The number of halogens is 4. The fraction of sp³-hybridized carbons (Fsp3) is 0.500. The molecule has 23 heavy (non-hydrogen) atoms. The molecule has 0 aromatic heterocycles. The van der Waals surface area contributed by atoms with E-state index >= 15 is 0 Å². The maximum Gasteiger partial charge on any atom is 0.387 e. The zero-order chi connectivity index (χ0) is 17.7. The summed E-state index contributed by atoms with van der Waals surface area (Å²) in [6.45, 7) is 0.782. The minimum absolute atomic E-state index is 0.0279. The monoisotopic (exact) mass is 371 g/mol. The zero-order valence-electron chi connectivity index (χ0n) is 13.0. The van der Waals surface area contributed by atoms with E-state index in [1.54, 1.807) is 0 Å². The quantitative estimate of drug-likeness (QED) is 0.671. The minimum atomic E-state index is -3.17. The lowest BCUT2D eigenvalue weighted by Crippen LogP contribution is -2.27. The molecular weight excluding hydrogens is 355 g/mol. The Morgan fingerprint density at radius 3 is 2.43 bits per heavy atom. The molecule has 0 aliphatic rings. The van der Waals surface area contributed by atoms with Crippen LogP contribution in [0.25, 0.3) is 0 Å². The summed E-state index contributed by atoms with van der Waals surface area (Å²) in [4.78, 5) is 17.1. The van der Waals surface area contributed by atoms with Crippen LogP contribution in [-0.4, -0.2) is 38.3 Å². The van der Waals surface area contributed by atoms with Gasteiger partial charge in [0.05, 0.1) is 23.8 Å². The number of hydrogen-bond donors (Lipinski definition) is 0. The van der Waals surface area contributed by atoms with E-state index in [2.05, 4.69) is 4.74 Å². The second kappa shape index (κ2) is 8.52. The molecule has 0 radical (unpaired) electrons. The van der Waals surface area contributed by atoms with Gasteiger partial charge in [0.15, 0.2) is 11.5 Å². The summed E-state index contributed by atoms with van der Waals surface area (Å²) in [5.74, 6) is -1.26. The molecule has 1 rings (SSSR count). The van der Waals surface area contributed by atoms with Crippen LogP contribution >= 0.6 is 23.2 Å². The number of carbonyl (C=O) groups excluding carboxylic acids is 1. The molecule has 0 bridgehead atoms. The number of alkyl halides is 2. The van der Waals surface area contributed by atoms with Crippen molar-refractivity contribution in [3.63, 3.8) is 0 Å². The summed E-state index contributed by atoms with van der Waals surface area (Å²) in [7, 11) is 2.53. The number of ether oxygens (including phenoxy) is 2. The molecule has 1 aromatic rings. The van der Waals surface area contributed by atoms with Gasteiger partial charge in [-0.05, 0) is 5.92 Å². The van der Waals surface area contributed by atoms with Crippen LogP contribution in [0.5, 0.6) is 11.5 Å². The van der Waals surface area contributed by atoms with Gasteiger partial charge in [0.2, 0.25) is 0 Å². The zero-order valence-corrected chi connectivity index (χ0v) is 14.5. The second-order valence-electron chi connectivity index (χ2n) is 4.94. The fourth-order valence-electron chi connectivity index (χ4n) is 1.59. The van der Waals surface area contributed by atoms with Crippen molar-refractivity contribution in [1.82, 2.24) is 5.06 Å². The molecule has 5 nitrogen and oxygen atoms in total. The molecule has 1 aromatic carbocycles. The van der Waals surface area contributed by atoms with Gasteiger partial charge in [0.25, 0.3) is 5.91 Å². The SMILES string of the molecule is CON(C)C(=O)c1c(Cl)c(Cl)cc(OCC(C)C)c1OC(F)F. The molecule has 0 aliphatic heterocycles. The summed E-state index contributed by atoms with van der Waals surface area (Å²) in [5.41, 5.74) is -0.359.